The number of nitrogens with zero attached hydrogens (tertiary/aromatic N) is 1. The first-order chi connectivity index (χ1) is 14.2. The van der Waals surface area contributed by atoms with E-state index in [0.717, 1.165) is 4.90 Å². The van der Waals surface area contributed by atoms with Crippen molar-refractivity contribution in [2.24, 2.45) is 28.9 Å². The molecule has 2 rings (SSSR count). The van der Waals surface area contributed by atoms with Gasteiger partial charge < -0.3 is 15.8 Å². The highest BCUT2D eigenvalue weighted by atomic mass is 16.6. The second-order valence-electron chi connectivity index (χ2n) is 11.0. The molecule has 0 aromatic carbocycles. The van der Waals surface area contributed by atoms with E-state index < -0.39 is 29.1 Å². The van der Waals surface area contributed by atoms with E-state index >= 15 is 0 Å². The van der Waals surface area contributed by atoms with Crippen LogP contribution in [0.25, 0.3) is 0 Å². The predicted molar refractivity (Wildman–Crippen MR) is 117 cm³/mol. The minimum atomic E-state index is -0.930. The van der Waals surface area contributed by atoms with Crippen LogP contribution in [0, 0.1) is 23.2 Å². The Morgan fingerprint density at radius 1 is 1.16 bits per heavy atom. The highest BCUT2D eigenvalue weighted by Gasteiger charge is 2.66. The second-order valence-corrected chi connectivity index (χ2v) is 11.0. The van der Waals surface area contributed by atoms with Gasteiger partial charge in [0.2, 0.25) is 17.7 Å². The topological polar surface area (TPSA) is 119 Å². The molecule has 2 aliphatic rings. The number of hydrogen-bond donors (Lipinski definition) is 2. The molecule has 0 bridgehead atoms. The van der Waals surface area contributed by atoms with E-state index in [2.05, 4.69) is 19.2 Å². The Morgan fingerprint density at radius 2 is 1.74 bits per heavy atom. The van der Waals surface area contributed by atoms with Crippen LogP contribution in [0.5, 0.6) is 0 Å². The van der Waals surface area contributed by atoms with Crippen molar-refractivity contribution in [2.45, 2.75) is 98.3 Å². The highest BCUT2D eigenvalue weighted by Crippen LogP contribution is 2.61. The van der Waals surface area contributed by atoms with Gasteiger partial charge in [0, 0.05) is 12.5 Å². The van der Waals surface area contributed by atoms with Crippen LogP contribution < -0.4 is 11.1 Å². The molecule has 0 aromatic heterocycles. The van der Waals surface area contributed by atoms with Crippen LogP contribution in [0.2, 0.25) is 0 Å². The average molecular weight is 438 g/mol. The zero-order chi connectivity index (χ0) is 23.7. The average Bonchev–Trinajstić information content (AvgIpc) is 3.30. The molecule has 4 amide bonds. The minimum Gasteiger partial charge on any atom is -0.444 e. The van der Waals surface area contributed by atoms with Gasteiger partial charge in [-0.2, -0.15) is 0 Å². The zero-order valence-corrected chi connectivity index (χ0v) is 20.0. The van der Waals surface area contributed by atoms with Crippen LogP contribution >= 0.6 is 0 Å². The van der Waals surface area contributed by atoms with Gasteiger partial charge in [-0.05, 0) is 64.2 Å². The molecule has 2 fully saturated rings. The molecular weight excluding hydrogens is 398 g/mol. The molecule has 8 nitrogen and oxygen atoms in total. The largest absolute Gasteiger partial charge is 0.444 e. The molecule has 31 heavy (non-hydrogen) atoms. The number of hydrogen-bond acceptors (Lipinski definition) is 5. The maximum atomic E-state index is 13.5. The van der Waals surface area contributed by atoms with Crippen molar-refractivity contribution in [1.29, 1.82) is 0 Å². The summed E-state index contributed by atoms with van der Waals surface area (Å²) in [5, 5.41) is 2.96. The molecule has 1 saturated heterocycles. The van der Waals surface area contributed by atoms with Crippen LogP contribution in [0.4, 0.5) is 4.79 Å². The summed E-state index contributed by atoms with van der Waals surface area (Å²) < 4.78 is 5.42. The quantitative estimate of drug-likeness (QED) is 0.566. The van der Waals surface area contributed by atoms with E-state index in [0.29, 0.717) is 31.6 Å². The van der Waals surface area contributed by atoms with Crippen LogP contribution in [0.15, 0.2) is 0 Å². The number of piperidine rings is 1. The number of likely N-dealkylation sites (tertiary alicyclic amines) is 1. The molecule has 1 heterocycles. The lowest BCUT2D eigenvalue weighted by Crippen LogP contribution is -2.57. The molecule has 0 aromatic rings. The monoisotopic (exact) mass is 437 g/mol. The van der Waals surface area contributed by atoms with Crippen LogP contribution in [-0.2, 0) is 19.1 Å². The number of nitrogens with two attached hydrogens (primary N) is 1. The molecule has 4 atom stereocenters. The lowest BCUT2D eigenvalue weighted by Gasteiger charge is -2.37. The van der Waals surface area contributed by atoms with E-state index in [1.165, 1.54) is 0 Å². The molecule has 176 valence electrons. The molecule has 0 unspecified atom stereocenters. The number of alkyl carbamates (subject to hydrolysis) is 1. The molecule has 1 aliphatic carbocycles. The molecular formula is C23H39N3O5. The Kier molecular flexibility index (Phi) is 7.43. The first-order valence-corrected chi connectivity index (χ1v) is 11.3. The van der Waals surface area contributed by atoms with Crippen molar-refractivity contribution in [2.75, 3.05) is 0 Å². The number of carbonyl (C=O) groups excluding carboxylic acids is 4. The maximum Gasteiger partial charge on any atom is 0.407 e. The third kappa shape index (κ3) is 5.98. The fourth-order valence-electron chi connectivity index (χ4n) is 4.71. The van der Waals surface area contributed by atoms with Gasteiger partial charge in [0.05, 0.1) is 5.41 Å². The fourth-order valence-corrected chi connectivity index (χ4v) is 4.71. The molecule has 8 heteroatoms. The Morgan fingerprint density at radius 3 is 2.23 bits per heavy atom. The standard InChI is InChI=1S/C23H39N3O5/c1-13(2)10-16(25-21(30)31-22(5,6)7)15-12-23(15)9-8-18(27)26(20(23)29)17(19(24)28)11-14(3)4/h13-17H,8-12H2,1-7H3,(H2,24,28)(H,25,30)/t15-,16+,17+,23+/m1/s1. The van der Waals surface area contributed by atoms with Crippen molar-refractivity contribution in [1.82, 2.24) is 10.2 Å². The second kappa shape index (κ2) is 9.17. The van der Waals surface area contributed by atoms with Gasteiger partial charge in [-0.3, -0.25) is 19.3 Å². The first-order valence-electron chi connectivity index (χ1n) is 11.3. The van der Waals surface area contributed by atoms with Crippen molar-refractivity contribution in [3.63, 3.8) is 0 Å². The smallest absolute Gasteiger partial charge is 0.407 e. The summed E-state index contributed by atoms with van der Waals surface area (Å²) in [5.41, 5.74) is 4.22. The number of nitrogens with one attached hydrogen (secondary N) is 1. The zero-order valence-electron chi connectivity index (χ0n) is 20.0. The van der Waals surface area contributed by atoms with E-state index in [-0.39, 0.29) is 36.1 Å². The lowest BCUT2D eigenvalue weighted by molar-refractivity contribution is -0.160. The lowest BCUT2D eigenvalue weighted by atomic mass is 9.85. The Balaban J connectivity index is 2.24. The summed E-state index contributed by atoms with van der Waals surface area (Å²) in [6.07, 6.45) is 1.74. The summed E-state index contributed by atoms with van der Waals surface area (Å²) in [6, 6.07) is -1.17. The molecule has 3 N–H and O–H groups in total. The first kappa shape index (κ1) is 25.1. The molecule has 1 spiro atoms. The summed E-state index contributed by atoms with van der Waals surface area (Å²) in [6.45, 7) is 13.4. The Labute approximate surface area is 185 Å². The normalized spacial score (nSPS) is 25.7. The third-order valence-electron chi connectivity index (χ3n) is 6.08. The molecule has 1 saturated carbocycles. The Hall–Kier alpha value is -2.12. The number of imide groups is 1. The van der Waals surface area contributed by atoms with Crippen molar-refractivity contribution in [3.8, 4) is 0 Å². The summed E-state index contributed by atoms with van der Waals surface area (Å²) in [4.78, 5) is 51.8. The van der Waals surface area contributed by atoms with Gasteiger partial charge in [0.1, 0.15) is 11.6 Å². The van der Waals surface area contributed by atoms with Crippen LogP contribution in [-0.4, -0.2) is 46.4 Å². The molecule has 1 aliphatic heterocycles. The number of rotatable bonds is 8. The van der Waals surface area contributed by atoms with Crippen LogP contribution in [0.3, 0.4) is 0 Å². The number of ether oxygens (including phenoxy) is 1. The van der Waals surface area contributed by atoms with Crippen molar-refractivity contribution < 1.29 is 23.9 Å². The van der Waals surface area contributed by atoms with Crippen molar-refractivity contribution >= 4 is 23.8 Å². The Bertz CT molecular complexity index is 727. The predicted octanol–water partition coefficient (Wildman–Crippen LogP) is 2.98. The van der Waals surface area contributed by atoms with E-state index in [1.54, 1.807) is 20.8 Å². The SMILES string of the molecule is CC(C)C[C@H](NC(=O)OC(C)(C)C)[C@H]1C[C@@]12CCC(=O)N([C@@H](CC(C)C)C(N)=O)C2=O. The number of carbonyl (C=O) groups is 4. The van der Waals surface area contributed by atoms with Gasteiger partial charge in [-0.25, -0.2) is 4.79 Å². The van der Waals surface area contributed by atoms with Gasteiger partial charge in [-0.15, -0.1) is 0 Å². The maximum absolute atomic E-state index is 13.5. The molecule has 0 radical (unpaired) electrons. The van der Waals surface area contributed by atoms with Crippen LogP contribution in [0.1, 0.15) is 80.6 Å². The summed E-state index contributed by atoms with van der Waals surface area (Å²) in [5.74, 6) is -1.01. The van der Waals surface area contributed by atoms with Gasteiger partial charge in [0.25, 0.3) is 0 Å². The fraction of sp³-hybridized carbons (Fsp3) is 0.826. The van der Waals surface area contributed by atoms with Gasteiger partial charge >= 0.3 is 6.09 Å². The summed E-state index contributed by atoms with van der Waals surface area (Å²) >= 11 is 0. The van der Waals surface area contributed by atoms with Crippen molar-refractivity contribution in [3.05, 3.63) is 0 Å². The minimum absolute atomic E-state index is 0.0990. The highest BCUT2D eigenvalue weighted by molar-refractivity contribution is 6.05. The number of primary amides is 1. The van der Waals surface area contributed by atoms with E-state index in [4.69, 9.17) is 10.5 Å². The van der Waals surface area contributed by atoms with E-state index in [9.17, 15) is 19.2 Å². The number of amides is 4. The van der Waals surface area contributed by atoms with Gasteiger partial charge in [-0.1, -0.05) is 27.7 Å². The third-order valence-corrected chi connectivity index (χ3v) is 6.08. The van der Waals surface area contributed by atoms with Gasteiger partial charge in [0.15, 0.2) is 0 Å². The van der Waals surface area contributed by atoms with E-state index in [1.807, 2.05) is 13.8 Å². The summed E-state index contributed by atoms with van der Waals surface area (Å²) in [7, 11) is 0.